The highest BCUT2D eigenvalue weighted by atomic mass is 15.2. The number of likely N-dealkylation sites (N-methyl/N-ethyl adjacent to an activating group) is 1. The summed E-state index contributed by atoms with van der Waals surface area (Å²) in [5.41, 5.74) is 6.42. The maximum atomic E-state index is 2.54. The zero-order valence-electron chi connectivity index (χ0n) is 13.8. The van der Waals surface area contributed by atoms with Crippen molar-refractivity contribution in [2.45, 2.75) is 52.0 Å². The number of rotatable bonds is 0. The summed E-state index contributed by atoms with van der Waals surface area (Å²) in [7, 11) is 2.29. The zero-order valence-corrected chi connectivity index (χ0v) is 13.8. The molecule has 21 heavy (non-hydrogen) atoms. The van der Waals surface area contributed by atoms with Gasteiger partial charge >= 0.3 is 0 Å². The molecule has 0 radical (unpaired) electrons. The summed E-state index contributed by atoms with van der Waals surface area (Å²) in [6.07, 6.45) is 1.24. The second-order valence-corrected chi connectivity index (χ2v) is 7.31. The molecule has 0 saturated carbocycles. The van der Waals surface area contributed by atoms with E-state index in [9.17, 15) is 0 Å². The third kappa shape index (κ3) is 1.52. The predicted molar refractivity (Wildman–Crippen MR) is 91.5 cm³/mol. The normalized spacial score (nSPS) is 30.8. The lowest BCUT2D eigenvalue weighted by molar-refractivity contribution is 0.533. The molecule has 2 aromatic carbocycles. The summed E-state index contributed by atoms with van der Waals surface area (Å²) in [6, 6.07) is 9.69. The number of nitrogens with zero attached hydrogens (tertiary/aromatic N) is 1. The van der Waals surface area contributed by atoms with Gasteiger partial charge in [0, 0.05) is 24.7 Å². The largest absolute Gasteiger partial charge is 0.371 e. The summed E-state index contributed by atoms with van der Waals surface area (Å²) < 4.78 is 0. The van der Waals surface area contributed by atoms with Crippen LogP contribution in [-0.4, -0.2) is 13.1 Å². The van der Waals surface area contributed by atoms with Crippen molar-refractivity contribution >= 4 is 16.5 Å². The van der Waals surface area contributed by atoms with Gasteiger partial charge in [-0.3, -0.25) is 0 Å². The fraction of sp³-hybridized carbons (Fsp3) is 0.500. The predicted octanol–water partition coefficient (Wildman–Crippen LogP) is 5.08. The second-order valence-electron chi connectivity index (χ2n) is 7.31. The molecule has 0 unspecified atom stereocenters. The molecular formula is C20H25N. The van der Waals surface area contributed by atoms with Crippen LogP contribution >= 0.6 is 0 Å². The molecule has 4 rings (SSSR count). The molecular weight excluding hydrogens is 254 g/mol. The summed E-state index contributed by atoms with van der Waals surface area (Å²) in [5, 5.41) is 3.01. The smallest absolute Gasteiger partial charge is 0.0444 e. The quantitative estimate of drug-likeness (QED) is 0.650. The Morgan fingerprint density at radius 2 is 1.52 bits per heavy atom. The summed E-state index contributed by atoms with van der Waals surface area (Å²) >= 11 is 0. The van der Waals surface area contributed by atoms with E-state index in [4.69, 9.17) is 0 Å². The number of hydrogen-bond donors (Lipinski definition) is 0. The molecule has 1 nitrogen and oxygen atoms in total. The topological polar surface area (TPSA) is 3.24 Å². The second kappa shape index (κ2) is 4.25. The first-order chi connectivity index (χ1) is 10.0. The molecule has 1 aliphatic carbocycles. The fourth-order valence-electron chi connectivity index (χ4n) is 4.69. The molecule has 0 saturated heterocycles. The van der Waals surface area contributed by atoms with Crippen LogP contribution in [0.5, 0.6) is 0 Å². The molecule has 1 heterocycles. The fourth-order valence-corrected chi connectivity index (χ4v) is 4.69. The highest BCUT2D eigenvalue weighted by Gasteiger charge is 2.39. The standard InChI is InChI=1S/C20H25N/c1-11-10-17-18(12(11)2)15-8-6-7-9-16(15)19-13(3)14(4)21(5)20(17)19/h6-9,11-14H,10H2,1-5H3/t11-,12-,13+,14-/m0/s1. The van der Waals surface area contributed by atoms with E-state index < -0.39 is 0 Å². The van der Waals surface area contributed by atoms with Crippen molar-refractivity contribution in [2.75, 3.05) is 11.9 Å². The van der Waals surface area contributed by atoms with Crippen LogP contribution in [0.4, 0.5) is 5.69 Å². The SMILES string of the molecule is C[C@@H]1c2c(c3c(c4ccccc24)[C@H](C)[C@H](C)N3C)C[C@@H]1C. The van der Waals surface area contributed by atoms with Crippen LogP contribution in [0.2, 0.25) is 0 Å². The summed E-state index contributed by atoms with van der Waals surface area (Å²) in [5.74, 6) is 2.05. The zero-order chi connectivity index (χ0) is 14.9. The van der Waals surface area contributed by atoms with E-state index in [0.29, 0.717) is 17.9 Å². The third-order valence-electron chi connectivity index (χ3n) is 6.35. The van der Waals surface area contributed by atoms with Gasteiger partial charge < -0.3 is 4.90 Å². The Morgan fingerprint density at radius 3 is 2.19 bits per heavy atom. The minimum Gasteiger partial charge on any atom is -0.371 e. The molecule has 0 spiro atoms. The van der Waals surface area contributed by atoms with Crippen LogP contribution in [0.15, 0.2) is 24.3 Å². The molecule has 1 heteroatoms. The Bertz CT molecular complexity index is 730. The average Bonchev–Trinajstić information content (AvgIpc) is 2.90. The van der Waals surface area contributed by atoms with Crippen LogP contribution in [0, 0.1) is 5.92 Å². The highest BCUT2D eigenvalue weighted by Crippen LogP contribution is 2.53. The van der Waals surface area contributed by atoms with Gasteiger partial charge in [0.15, 0.2) is 0 Å². The Kier molecular flexibility index (Phi) is 2.67. The third-order valence-corrected chi connectivity index (χ3v) is 6.35. The van der Waals surface area contributed by atoms with E-state index in [2.05, 4.69) is 63.9 Å². The Hall–Kier alpha value is -1.50. The first kappa shape index (κ1) is 13.2. The van der Waals surface area contributed by atoms with Crippen molar-refractivity contribution in [2.24, 2.45) is 5.92 Å². The Labute approximate surface area is 128 Å². The minimum absolute atomic E-state index is 0.598. The number of hydrogen-bond acceptors (Lipinski definition) is 1. The van der Waals surface area contributed by atoms with Gasteiger partial charge in [-0.1, -0.05) is 45.0 Å². The van der Waals surface area contributed by atoms with Crippen LogP contribution in [-0.2, 0) is 6.42 Å². The maximum absolute atomic E-state index is 2.54. The molecule has 1 aliphatic heterocycles. The van der Waals surface area contributed by atoms with Crippen molar-refractivity contribution in [1.82, 2.24) is 0 Å². The van der Waals surface area contributed by atoms with E-state index >= 15 is 0 Å². The van der Waals surface area contributed by atoms with Crippen molar-refractivity contribution < 1.29 is 0 Å². The summed E-state index contributed by atoms with van der Waals surface area (Å²) in [4.78, 5) is 2.54. The molecule has 0 aromatic heterocycles. The molecule has 0 amide bonds. The van der Waals surface area contributed by atoms with Gasteiger partial charge in [0.2, 0.25) is 0 Å². The average molecular weight is 279 g/mol. The number of anilines is 1. The Balaban J connectivity index is 2.16. The van der Waals surface area contributed by atoms with Gasteiger partial charge in [-0.05, 0) is 52.6 Å². The Morgan fingerprint density at radius 1 is 0.905 bits per heavy atom. The van der Waals surface area contributed by atoms with Gasteiger partial charge in [0.25, 0.3) is 0 Å². The lowest BCUT2D eigenvalue weighted by Crippen LogP contribution is -2.26. The first-order valence-electron chi connectivity index (χ1n) is 8.32. The van der Waals surface area contributed by atoms with E-state index in [1.54, 1.807) is 22.4 Å². The molecule has 2 aliphatic rings. The van der Waals surface area contributed by atoms with Crippen molar-refractivity contribution in [3.63, 3.8) is 0 Å². The van der Waals surface area contributed by atoms with Crippen LogP contribution < -0.4 is 4.90 Å². The van der Waals surface area contributed by atoms with E-state index in [0.717, 1.165) is 5.92 Å². The maximum Gasteiger partial charge on any atom is 0.0444 e. The number of fused-ring (bicyclic) bond motifs is 6. The monoisotopic (exact) mass is 279 g/mol. The lowest BCUT2D eigenvalue weighted by atomic mass is 9.87. The first-order valence-corrected chi connectivity index (χ1v) is 8.32. The van der Waals surface area contributed by atoms with Crippen molar-refractivity contribution in [1.29, 1.82) is 0 Å². The molecule has 0 bridgehead atoms. The lowest BCUT2D eigenvalue weighted by Gasteiger charge is -2.23. The van der Waals surface area contributed by atoms with Crippen LogP contribution in [0.3, 0.4) is 0 Å². The molecule has 0 fully saturated rings. The molecule has 4 atom stereocenters. The number of benzene rings is 2. The van der Waals surface area contributed by atoms with Crippen LogP contribution in [0.25, 0.3) is 10.8 Å². The van der Waals surface area contributed by atoms with E-state index in [-0.39, 0.29) is 0 Å². The van der Waals surface area contributed by atoms with E-state index in [1.807, 2.05) is 0 Å². The van der Waals surface area contributed by atoms with E-state index in [1.165, 1.54) is 17.2 Å². The summed E-state index contributed by atoms with van der Waals surface area (Å²) in [6.45, 7) is 9.59. The van der Waals surface area contributed by atoms with Gasteiger partial charge in [0.05, 0.1) is 0 Å². The van der Waals surface area contributed by atoms with Gasteiger partial charge in [-0.2, -0.15) is 0 Å². The molecule has 110 valence electrons. The van der Waals surface area contributed by atoms with Gasteiger partial charge in [-0.25, -0.2) is 0 Å². The van der Waals surface area contributed by atoms with Gasteiger partial charge in [-0.15, -0.1) is 0 Å². The minimum atomic E-state index is 0.598. The molecule has 0 N–H and O–H groups in total. The highest BCUT2D eigenvalue weighted by molar-refractivity contribution is 5.98. The van der Waals surface area contributed by atoms with Gasteiger partial charge in [0.1, 0.15) is 0 Å². The van der Waals surface area contributed by atoms with Crippen molar-refractivity contribution in [3.05, 3.63) is 41.0 Å². The van der Waals surface area contributed by atoms with Crippen molar-refractivity contribution in [3.8, 4) is 0 Å². The molecule has 2 aromatic rings. The van der Waals surface area contributed by atoms with Crippen LogP contribution in [0.1, 0.15) is 56.2 Å².